The van der Waals surface area contributed by atoms with Crippen molar-refractivity contribution in [1.29, 1.82) is 0 Å². The van der Waals surface area contributed by atoms with Gasteiger partial charge < -0.3 is 26.6 Å². The number of carbonyl (C=O) groups is 2. The summed E-state index contributed by atoms with van der Waals surface area (Å²) in [7, 11) is 0. The zero-order chi connectivity index (χ0) is 19.3. The first-order valence-electron chi connectivity index (χ1n) is 9.23. The van der Waals surface area contributed by atoms with Crippen LogP contribution in [0.1, 0.15) is 38.1 Å². The van der Waals surface area contributed by atoms with Gasteiger partial charge in [0.2, 0.25) is 5.91 Å². The minimum atomic E-state index is -0.334. The second-order valence-electron chi connectivity index (χ2n) is 7.43. The molecule has 7 nitrogen and oxygen atoms in total. The third-order valence-electron chi connectivity index (χ3n) is 4.52. The molecule has 7 heteroatoms. The van der Waals surface area contributed by atoms with Crippen LogP contribution in [-0.2, 0) is 4.79 Å². The summed E-state index contributed by atoms with van der Waals surface area (Å²) in [6, 6.07) is 5.96. The average molecular weight is 361 g/mol. The molecule has 1 aliphatic heterocycles. The van der Waals surface area contributed by atoms with E-state index in [1.807, 2.05) is 26.0 Å². The van der Waals surface area contributed by atoms with Crippen molar-refractivity contribution in [3.63, 3.8) is 0 Å². The Morgan fingerprint density at radius 3 is 2.69 bits per heavy atom. The molecule has 0 aliphatic carbocycles. The van der Waals surface area contributed by atoms with E-state index in [1.165, 1.54) is 0 Å². The van der Waals surface area contributed by atoms with Crippen LogP contribution in [0.5, 0.6) is 0 Å². The van der Waals surface area contributed by atoms with Crippen molar-refractivity contribution in [2.45, 2.75) is 39.8 Å². The Labute approximate surface area is 155 Å². The van der Waals surface area contributed by atoms with Crippen LogP contribution < -0.4 is 26.6 Å². The van der Waals surface area contributed by atoms with E-state index in [0.29, 0.717) is 23.2 Å². The summed E-state index contributed by atoms with van der Waals surface area (Å²) in [5, 5.41) is 8.91. The Bertz CT molecular complexity index is 645. The summed E-state index contributed by atoms with van der Waals surface area (Å²) in [5.41, 5.74) is 7.78. The Morgan fingerprint density at radius 2 is 2.04 bits per heavy atom. The highest BCUT2D eigenvalue weighted by atomic mass is 16.2. The summed E-state index contributed by atoms with van der Waals surface area (Å²) in [4.78, 5) is 26.4. The molecular weight excluding hydrogens is 330 g/mol. The van der Waals surface area contributed by atoms with Crippen molar-refractivity contribution in [2.24, 2.45) is 5.92 Å². The largest absolute Gasteiger partial charge is 0.398 e. The van der Waals surface area contributed by atoms with Gasteiger partial charge in [-0.25, -0.2) is 0 Å². The molecule has 1 aromatic carbocycles. The predicted molar refractivity (Wildman–Crippen MR) is 105 cm³/mol. The van der Waals surface area contributed by atoms with E-state index < -0.39 is 0 Å². The summed E-state index contributed by atoms with van der Waals surface area (Å²) in [6.07, 6.45) is 0. The van der Waals surface area contributed by atoms with Gasteiger partial charge in [-0.2, -0.15) is 0 Å². The molecule has 144 valence electrons. The van der Waals surface area contributed by atoms with Crippen molar-refractivity contribution in [2.75, 3.05) is 36.8 Å². The first-order valence-corrected chi connectivity index (χ1v) is 9.23. The normalized spacial score (nSPS) is 17.5. The van der Waals surface area contributed by atoms with Crippen LogP contribution in [0.3, 0.4) is 0 Å². The molecule has 1 aromatic rings. The summed E-state index contributed by atoms with van der Waals surface area (Å²) in [5.74, 6) is -0.0161. The molecule has 0 saturated carbocycles. The van der Waals surface area contributed by atoms with Gasteiger partial charge in [0.05, 0.1) is 12.1 Å². The molecule has 2 amide bonds. The Kier molecular flexibility index (Phi) is 6.85. The average Bonchev–Trinajstić information content (AvgIpc) is 2.59. The van der Waals surface area contributed by atoms with E-state index in [-0.39, 0.29) is 24.4 Å². The third-order valence-corrected chi connectivity index (χ3v) is 4.52. The Hall–Kier alpha value is -2.28. The Morgan fingerprint density at radius 1 is 1.31 bits per heavy atom. The molecular formula is C19H31N5O2. The number of carbonyl (C=O) groups excluding carboxylic acids is 2. The van der Waals surface area contributed by atoms with Gasteiger partial charge in [0, 0.05) is 43.1 Å². The van der Waals surface area contributed by atoms with E-state index >= 15 is 0 Å². The number of amides is 2. The zero-order valence-electron chi connectivity index (χ0n) is 16.1. The van der Waals surface area contributed by atoms with Crippen LogP contribution in [0.15, 0.2) is 18.2 Å². The number of rotatable bonds is 6. The monoisotopic (exact) mass is 361 g/mol. The fraction of sp³-hybridized carbons (Fsp3) is 0.579. The molecule has 26 heavy (non-hydrogen) atoms. The number of piperazine rings is 1. The van der Waals surface area contributed by atoms with Crippen LogP contribution >= 0.6 is 0 Å². The number of nitrogens with two attached hydrogens (primary N) is 1. The molecule has 0 spiro atoms. The molecule has 0 unspecified atom stereocenters. The van der Waals surface area contributed by atoms with Crippen LogP contribution in [-0.4, -0.2) is 50.1 Å². The second kappa shape index (κ2) is 8.89. The van der Waals surface area contributed by atoms with Crippen molar-refractivity contribution >= 4 is 23.2 Å². The molecule has 1 heterocycles. The topological polar surface area (TPSA) is 99.5 Å². The van der Waals surface area contributed by atoms with Crippen molar-refractivity contribution in [3.8, 4) is 0 Å². The van der Waals surface area contributed by atoms with Crippen LogP contribution in [0, 0.1) is 5.92 Å². The number of nitrogens with one attached hydrogen (secondary N) is 3. The fourth-order valence-electron chi connectivity index (χ4n) is 3.03. The van der Waals surface area contributed by atoms with Gasteiger partial charge in [-0.1, -0.05) is 13.8 Å². The first kappa shape index (κ1) is 20.0. The van der Waals surface area contributed by atoms with Gasteiger partial charge in [-0.05, 0) is 38.0 Å². The van der Waals surface area contributed by atoms with E-state index in [4.69, 9.17) is 5.73 Å². The van der Waals surface area contributed by atoms with Crippen LogP contribution in [0.25, 0.3) is 0 Å². The van der Waals surface area contributed by atoms with Gasteiger partial charge in [0.1, 0.15) is 0 Å². The van der Waals surface area contributed by atoms with Crippen molar-refractivity contribution < 1.29 is 9.59 Å². The lowest BCUT2D eigenvalue weighted by Crippen LogP contribution is -2.53. The van der Waals surface area contributed by atoms with Gasteiger partial charge in [0.25, 0.3) is 5.91 Å². The van der Waals surface area contributed by atoms with Crippen molar-refractivity contribution in [3.05, 3.63) is 23.8 Å². The maximum Gasteiger partial charge on any atom is 0.253 e. The Balaban J connectivity index is 2.06. The fourth-order valence-corrected chi connectivity index (χ4v) is 3.03. The summed E-state index contributed by atoms with van der Waals surface area (Å²) < 4.78 is 0. The van der Waals surface area contributed by atoms with E-state index in [1.54, 1.807) is 6.07 Å². The van der Waals surface area contributed by atoms with E-state index in [9.17, 15) is 9.59 Å². The molecule has 0 bridgehead atoms. The number of hydrogen-bond acceptors (Lipinski definition) is 5. The third kappa shape index (κ3) is 5.36. The van der Waals surface area contributed by atoms with Gasteiger partial charge in [0.15, 0.2) is 0 Å². The minimum Gasteiger partial charge on any atom is -0.398 e. The first-order chi connectivity index (χ1) is 12.3. The molecule has 1 aliphatic rings. The lowest BCUT2D eigenvalue weighted by Gasteiger charge is -2.37. The summed E-state index contributed by atoms with van der Waals surface area (Å²) in [6.45, 7) is 10.8. The molecule has 2 rings (SSSR count). The molecule has 1 saturated heterocycles. The number of anilines is 2. The molecule has 1 fully saturated rings. The lowest BCUT2D eigenvalue weighted by molar-refractivity contribution is -0.120. The second-order valence-corrected chi connectivity index (χ2v) is 7.43. The highest BCUT2D eigenvalue weighted by Gasteiger charge is 2.23. The van der Waals surface area contributed by atoms with Crippen LogP contribution in [0.4, 0.5) is 11.4 Å². The SMILES string of the molecule is CC(C)NC(=O)CNC(=O)c1cc(N2CCN[C@H](C(C)C)C2)ccc1N. The predicted octanol–water partition coefficient (Wildman–Crippen LogP) is 0.957. The van der Waals surface area contributed by atoms with E-state index in [0.717, 1.165) is 25.3 Å². The quantitative estimate of drug-likeness (QED) is 0.566. The smallest absolute Gasteiger partial charge is 0.253 e. The van der Waals surface area contributed by atoms with Gasteiger partial charge in [-0.15, -0.1) is 0 Å². The number of hydrogen-bond donors (Lipinski definition) is 4. The minimum absolute atomic E-state index is 0.0365. The number of benzene rings is 1. The zero-order valence-corrected chi connectivity index (χ0v) is 16.1. The highest BCUT2D eigenvalue weighted by Crippen LogP contribution is 2.23. The van der Waals surface area contributed by atoms with Crippen LogP contribution in [0.2, 0.25) is 0 Å². The lowest BCUT2D eigenvalue weighted by atomic mass is 10.0. The standard InChI is InChI=1S/C19H31N5O2/c1-12(2)17-11-24(8-7-21-17)14-5-6-16(20)15(9-14)19(26)22-10-18(25)23-13(3)4/h5-6,9,12-13,17,21H,7-8,10-11,20H2,1-4H3,(H,22,26)(H,23,25)/t17-/m0/s1. The molecule has 1 atom stereocenters. The summed E-state index contributed by atoms with van der Waals surface area (Å²) >= 11 is 0. The maximum absolute atomic E-state index is 12.5. The molecule has 5 N–H and O–H groups in total. The molecule has 0 aromatic heterocycles. The van der Waals surface area contributed by atoms with Crippen molar-refractivity contribution in [1.82, 2.24) is 16.0 Å². The van der Waals surface area contributed by atoms with Gasteiger partial charge >= 0.3 is 0 Å². The number of nitrogen functional groups attached to an aromatic ring is 1. The molecule has 0 radical (unpaired) electrons. The van der Waals surface area contributed by atoms with E-state index in [2.05, 4.69) is 34.7 Å². The number of nitrogens with zero attached hydrogens (tertiary/aromatic N) is 1. The highest BCUT2D eigenvalue weighted by molar-refractivity contribution is 6.01. The van der Waals surface area contributed by atoms with Gasteiger partial charge in [-0.3, -0.25) is 9.59 Å². The maximum atomic E-state index is 12.5.